The van der Waals surface area contributed by atoms with Crippen molar-refractivity contribution in [3.63, 3.8) is 0 Å². The number of hydrogen-bond acceptors (Lipinski definition) is 4. The van der Waals surface area contributed by atoms with Gasteiger partial charge in [-0.2, -0.15) is 0 Å². The summed E-state index contributed by atoms with van der Waals surface area (Å²) >= 11 is 0. The Kier molecular flexibility index (Phi) is 3.36. The average Bonchev–Trinajstić information content (AvgIpc) is 2.46. The minimum atomic E-state index is -0.556. The van der Waals surface area contributed by atoms with Gasteiger partial charge in [0.05, 0.1) is 23.4 Å². The highest BCUT2D eigenvalue weighted by molar-refractivity contribution is 5.92. The second-order valence-electron chi connectivity index (χ2n) is 5.79. The van der Waals surface area contributed by atoms with Crippen molar-refractivity contribution >= 4 is 16.6 Å². The monoisotopic (exact) mass is 272 g/mol. The van der Waals surface area contributed by atoms with Gasteiger partial charge in [0.15, 0.2) is 0 Å². The largest absolute Gasteiger partial charge is 0.390 e. The smallest absolute Gasteiger partial charge is 0.0854 e. The molecule has 0 bridgehead atoms. The van der Waals surface area contributed by atoms with Crippen molar-refractivity contribution in [2.45, 2.75) is 32.0 Å². The van der Waals surface area contributed by atoms with Gasteiger partial charge in [-0.25, -0.2) is 0 Å². The number of nitrogens with zero attached hydrogens (tertiary/aromatic N) is 2. The third-order valence-corrected chi connectivity index (χ3v) is 4.09. The fraction of sp³-hybridized carbons (Fsp3) is 0.438. The molecule has 1 fully saturated rings. The van der Waals surface area contributed by atoms with Crippen LogP contribution in [0.1, 0.15) is 25.5 Å². The average molecular weight is 272 g/mol. The first-order chi connectivity index (χ1) is 9.59. The van der Waals surface area contributed by atoms with Crippen LogP contribution in [0.5, 0.6) is 0 Å². The third-order valence-electron chi connectivity index (χ3n) is 4.09. The van der Waals surface area contributed by atoms with Crippen LogP contribution in [0.15, 0.2) is 30.3 Å². The Balaban J connectivity index is 2.02. The van der Waals surface area contributed by atoms with Crippen molar-refractivity contribution in [1.82, 2.24) is 4.98 Å². The molecule has 1 aromatic carbocycles. The van der Waals surface area contributed by atoms with Gasteiger partial charge in [-0.05, 0) is 31.9 Å². The standard InChI is InChI=1S/C16H20N2O2/c1-16(20)6-8-18(9-7-16)15-10-12(11-19)17-14-5-3-2-4-13(14)15/h2-5,10,19-20H,6-9,11H2,1H3. The fourth-order valence-electron chi connectivity index (χ4n) is 2.78. The number of benzene rings is 1. The highest BCUT2D eigenvalue weighted by Gasteiger charge is 2.28. The minimum Gasteiger partial charge on any atom is -0.390 e. The molecular weight excluding hydrogens is 252 g/mol. The van der Waals surface area contributed by atoms with Crippen LogP contribution in [0.25, 0.3) is 10.9 Å². The van der Waals surface area contributed by atoms with E-state index in [0.29, 0.717) is 5.69 Å². The molecule has 106 valence electrons. The Morgan fingerprint density at radius 1 is 1.25 bits per heavy atom. The summed E-state index contributed by atoms with van der Waals surface area (Å²) < 4.78 is 0. The molecule has 2 heterocycles. The normalized spacial score (nSPS) is 18.4. The Morgan fingerprint density at radius 2 is 1.95 bits per heavy atom. The van der Waals surface area contributed by atoms with E-state index in [4.69, 9.17) is 0 Å². The Bertz CT molecular complexity index is 615. The molecule has 4 nitrogen and oxygen atoms in total. The van der Waals surface area contributed by atoms with E-state index in [2.05, 4.69) is 16.0 Å². The highest BCUT2D eigenvalue weighted by Crippen LogP contribution is 2.31. The summed E-state index contributed by atoms with van der Waals surface area (Å²) in [5, 5.41) is 20.6. The summed E-state index contributed by atoms with van der Waals surface area (Å²) in [7, 11) is 0. The molecule has 1 aliphatic rings. The summed E-state index contributed by atoms with van der Waals surface area (Å²) in [5.41, 5.74) is 2.15. The van der Waals surface area contributed by atoms with Crippen molar-refractivity contribution in [3.05, 3.63) is 36.0 Å². The maximum atomic E-state index is 10.1. The molecule has 1 saturated heterocycles. The molecule has 0 spiro atoms. The van der Waals surface area contributed by atoms with Crippen molar-refractivity contribution in [2.24, 2.45) is 0 Å². The molecule has 0 saturated carbocycles. The van der Waals surface area contributed by atoms with Gasteiger partial charge < -0.3 is 15.1 Å². The Morgan fingerprint density at radius 3 is 2.65 bits per heavy atom. The van der Waals surface area contributed by atoms with E-state index >= 15 is 0 Å². The van der Waals surface area contributed by atoms with Gasteiger partial charge in [0.1, 0.15) is 0 Å². The van der Waals surface area contributed by atoms with Crippen molar-refractivity contribution in [3.8, 4) is 0 Å². The zero-order valence-electron chi connectivity index (χ0n) is 11.7. The number of hydrogen-bond donors (Lipinski definition) is 2. The zero-order chi connectivity index (χ0) is 14.2. The molecule has 4 heteroatoms. The van der Waals surface area contributed by atoms with Crippen LogP contribution in [0.2, 0.25) is 0 Å². The lowest BCUT2D eigenvalue weighted by atomic mass is 9.93. The summed E-state index contributed by atoms with van der Waals surface area (Å²) in [5.74, 6) is 0. The molecule has 1 aliphatic heterocycles. The second-order valence-corrected chi connectivity index (χ2v) is 5.79. The van der Waals surface area contributed by atoms with Gasteiger partial charge in [0, 0.05) is 24.2 Å². The molecule has 0 aliphatic carbocycles. The van der Waals surface area contributed by atoms with E-state index in [1.807, 2.05) is 31.2 Å². The first-order valence-corrected chi connectivity index (χ1v) is 7.06. The van der Waals surface area contributed by atoms with Gasteiger partial charge in [0.25, 0.3) is 0 Å². The van der Waals surface area contributed by atoms with Crippen LogP contribution in [0.4, 0.5) is 5.69 Å². The van der Waals surface area contributed by atoms with E-state index in [-0.39, 0.29) is 6.61 Å². The maximum Gasteiger partial charge on any atom is 0.0854 e. The number of aromatic nitrogens is 1. The predicted molar refractivity (Wildman–Crippen MR) is 79.7 cm³/mol. The predicted octanol–water partition coefficient (Wildman–Crippen LogP) is 2.08. The van der Waals surface area contributed by atoms with Crippen LogP contribution < -0.4 is 4.90 Å². The highest BCUT2D eigenvalue weighted by atomic mass is 16.3. The second kappa shape index (κ2) is 5.04. The lowest BCUT2D eigenvalue weighted by Gasteiger charge is -2.37. The summed E-state index contributed by atoms with van der Waals surface area (Å²) in [6, 6.07) is 9.96. The number of piperidine rings is 1. The number of fused-ring (bicyclic) bond motifs is 1. The molecule has 1 aromatic heterocycles. The lowest BCUT2D eigenvalue weighted by Crippen LogP contribution is -2.42. The van der Waals surface area contributed by atoms with Gasteiger partial charge in [-0.1, -0.05) is 18.2 Å². The van der Waals surface area contributed by atoms with Gasteiger partial charge in [-0.15, -0.1) is 0 Å². The van der Waals surface area contributed by atoms with Crippen LogP contribution in [-0.2, 0) is 6.61 Å². The first kappa shape index (κ1) is 13.3. The molecular formula is C16H20N2O2. The number of aliphatic hydroxyl groups is 2. The van der Waals surface area contributed by atoms with Crippen molar-refractivity contribution < 1.29 is 10.2 Å². The topological polar surface area (TPSA) is 56.6 Å². The van der Waals surface area contributed by atoms with Crippen LogP contribution in [-0.4, -0.2) is 33.9 Å². The minimum absolute atomic E-state index is 0.0522. The molecule has 0 radical (unpaired) electrons. The number of anilines is 1. The summed E-state index contributed by atoms with van der Waals surface area (Å²) in [6.45, 7) is 3.50. The molecule has 0 atom stereocenters. The van der Waals surface area contributed by atoms with Crippen LogP contribution in [0.3, 0.4) is 0 Å². The molecule has 3 rings (SSSR count). The quantitative estimate of drug-likeness (QED) is 0.879. The SMILES string of the molecule is CC1(O)CCN(c2cc(CO)nc3ccccc23)CC1. The van der Waals surface area contributed by atoms with E-state index in [1.165, 1.54) is 0 Å². The number of para-hydroxylation sites is 1. The molecule has 0 unspecified atom stereocenters. The van der Waals surface area contributed by atoms with E-state index in [0.717, 1.165) is 42.5 Å². The fourth-order valence-corrected chi connectivity index (χ4v) is 2.78. The third kappa shape index (κ3) is 2.49. The summed E-state index contributed by atoms with van der Waals surface area (Å²) in [6.07, 6.45) is 1.52. The number of pyridine rings is 1. The molecule has 0 amide bonds. The van der Waals surface area contributed by atoms with Gasteiger partial charge >= 0.3 is 0 Å². The van der Waals surface area contributed by atoms with Crippen molar-refractivity contribution in [2.75, 3.05) is 18.0 Å². The van der Waals surface area contributed by atoms with Crippen LogP contribution >= 0.6 is 0 Å². The van der Waals surface area contributed by atoms with Crippen LogP contribution in [0, 0.1) is 0 Å². The zero-order valence-corrected chi connectivity index (χ0v) is 11.7. The number of rotatable bonds is 2. The number of aliphatic hydroxyl groups excluding tert-OH is 1. The maximum absolute atomic E-state index is 10.1. The summed E-state index contributed by atoms with van der Waals surface area (Å²) in [4.78, 5) is 6.73. The first-order valence-electron chi connectivity index (χ1n) is 7.06. The van der Waals surface area contributed by atoms with E-state index < -0.39 is 5.60 Å². The van der Waals surface area contributed by atoms with Gasteiger partial charge in [-0.3, -0.25) is 4.98 Å². The Labute approximate surface area is 118 Å². The Hall–Kier alpha value is -1.65. The molecule has 2 N–H and O–H groups in total. The molecule has 20 heavy (non-hydrogen) atoms. The van der Waals surface area contributed by atoms with E-state index in [9.17, 15) is 10.2 Å². The van der Waals surface area contributed by atoms with Crippen molar-refractivity contribution in [1.29, 1.82) is 0 Å². The molecule has 2 aromatic rings. The van der Waals surface area contributed by atoms with Gasteiger partial charge in [0.2, 0.25) is 0 Å². The van der Waals surface area contributed by atoms with E-state index in [1.54, 1.807) is 0 Å². The lowest BCUT2D eigenvalue weighted by molar-refractivity contribution is 0.0352.